The molecule has 3 heteroatoms. The van der Waals surface area contributed by atoms with Crippen LogP contribution < -0.4 is 11.1 Å². The average molecular weight is 198 g/mol. The summed E-state index contributed by atoms with van der Waals surface area (Å²) in [5.74, 6) is 1.16. The Balaban J connectivity index is 2.02. The lowest BCUT2D eigenvalue weighted by Crippen LogP contribution is -2.09. The second-order valence-electron chi connectivity index (χ2n) is 3.39. The first-order valence-corrected chi connectivity index (χ1v) is 5.96. The number of nitrogens with one attached hydrogen (secondary N) is 1. The van der Waals surface area contributed by atoms with Gasteiger partial charge in [0.2, 0.25) is 0 Å². The topological polar surface area (TPSA) is 44.2 Å². The minimum Gasteiger partial charge on any atom is -0.299 e. The van der Waals surface area contributed by atoms with E-state index in [9.17, 15) is 0 Å². The maximum absolute atomic E-state index is 8.52. The van der Waals surface area contributed by atoms with Gasteiger partial charge in [-0.2, -0.15) is 0 Å². The Hall–Kier alpha value is 0.01000. The van der Waals surface area contributed by atoms with Gasteiger partial charge < -0.3 is 0 Å². The highest BCUT2D eigenvalue weighted by Crippen LogP contribution is 2.36. The van der Waals surface area contributed by atoms with Crippen molar-refractivity contribution < 1.29 is 0 Å². The van der Waals surface area contributed by atoms with Crippen LogP contribution in [-0.4, -0.2) is 23.7 Å². The molecular weight excluding hydrogens is 180 g/mol. The normalized spacial score (nSPS) is 26.9. The van der Waals surface area contributed by atoms with Crippen LogP contribution >= 0.6 is 11.8 Å². The first kappa shape index (κ1) is 11.1. The van der Waals surface area contributed by atoms with Gasteiger partial charge in [-0.3, -0.25) is 5.32 Å². The fourth-order valence-corrected chi connectivity index (χ4v) is 2.64. The smallest absolute Gasteiger partial charge is 0.0772 e. The minimum absolute atomic E-state index is 0.170. The van der Waals surface area contributed by atoms with E-state index >= 15 is 0 Å². The molecule has 0 spiro atoms. The maximum atomic E-state index is 8.52. The van der Waals surface area contributed by atoms with Gasteiger partial charge in [-0.15, -0.1) is 17.5 Å². The van der Waals surface area contributed by atoms with Crippen molar-refractivity contribution in [2.45, 2.75) is 31.1 Å². The van der Waals surface area contributed by atoms with E-state index < -0.39 is 0 Å². The Bertz CT molecular complexity index is 164. The molecule has 1 atom stereocenters. The fourth-order valence-electron chi connectivity index (χ4n) is 1.37. The van der Waals surface area contributed by atoms with Gasteiger partial charge in [-0.1, -0.05) is 25.5 Å². The predicted molar refractivity (Wildman–Crippen MR) is 58.9 cm³/mol. The van der Waals surface area contributed by atoms with Crippen LogP contribution in [0.2, 0.25) is 0 Å². The van der Waals surface area contributed by atoms with Crippen LogP contribution in [0.1, 0.15) is 26.2 Å². The molecule has 1 fully saturated rings. The van der Waals surface area contributed by atoms with Gasteiger partial charge >= 0.3 is 0 Å². The highest BCUT2D eigenvalue weighted by atomic mass is 32.2. The Morgan fingerprint density at radius 2 is 2.31 bits per heavy atom. The summed E-state index contributed by atoms with van der Waals surface area (Å²) in [7, 11) is 0. The summed E-state index contributed by atoms with van der Waals surface area (Å²) in [5.41, 5.74) is 8.52. The lowest BCUT2D eigenvalue weighted by atomic mass is 10.3. The second-order valence-corrected chi connectivity index (χ2v) is 4.87. The molecule has 0 aromatic rings. The molecule has 0 bridgehead atoms. The van der Waals surface area contributed by atoms with Crippen molar-refractivity contribution in [3.8, 4) is 0 Å². The minimum atomic E-state index is 0.170. The highest BCUT2D eigenvalue weighted by Gasteiger charge is 2.40. The van der Waals surface area contributed by atoms with E-state index in [1.54, 1.807) is 0 Å². The van der Waals surface area contributed by atoms with Crippen LogP contribution in [0.4, 0.5) is 0 Å². The fraction of sp³-hybridized carbons (Fsp3) is 0.800. The van der Waals surface area contributed by atoms with Gasteiger partial charge in [0, 0.05) is 6.54 Å². The molecule has 74 valence electrons. The number of thioether (sulfide) groups is 1. The van der Waals surface area contributed by atoms with Crippen LogP contribution in [0.25, 0.3) is 0 Å². The van der Waals surface area contributed by atoms with Gasteiger partial charge in [0.25, 0.3) is 0 Å². The number of hydrogen-bond donors (Lipinski definition) is 1. The van der Waals surface area contributed by atoms with Crippen molar-refractivity contribution in [1.82, 2.24) is 11.1 Å². The molecule has 1 heterocycles. The second kappa shape index (κ2) is 5.68. The van der Waals surface area contributed by atoms with Crippen LogP contribution in [0, 0.1) is 0 Å². The largest absolute Gasteiger partial charge is 0.299 e. The molecule has 0 aliphatic carbocycles. The number of hydrogen-bond acceptors (Lipinski definition) is 2. The van der Waals surface area contributed by atoms with Crippen LogP contribution in [0.3, 0.4) is 0 Å². The third-order valence-corrected chi connectivity index (χ3v) is 3.65. The summed E-state index contributed by atoms with van der Waals surface area (Å²) in [4.78, 5) is 0.418. The van der Waals surface area contributed by atoms with E-state index in [0.29, 0.717) is 4.87 Å². The molecule has 1 saturated heterocycles. The SMILES string of the molecule is CCCC1(SCCC=CC[N])CN1. The van der Waals surface area contributed by atoms with E-state index in [1.165, 1.54) is 19.4 Å². The van der Waals surface area contributed by atoms with E-state index in [0.717, 1.165) is 12.2 Å². The third kappa shape index (κ3) is 4.16. The molecule has 1 rings (SSSR count). The number of rotatable bonds is 7. The average Bonchev–Trinajstić information content (AvgIpc) is 2.86. The van der Waals surface area contributed by atoms with Gasteiger partial charge in [0.1, 0.15) is 0 Å². The van der Waals surface area contributed by atoms with Crippen LogP contribution in [0.5, 0.6) is 0 Å². The van der Waals surface area contributed by atoms with E-state index in [-0.39, 0.29) is 6.54 Å². The lowest BCUT2D eigenvalue weighted by molar-refractivity contribution is 0.735. The molecule has 1 unspecified atom stereocenters. The Morgan fingerprint density at radius 1 is 1.54 bits per heavy atom. The molecule has 2 nitrogen and oxygen atoms in total. The molecule has 13 heavy (non-hydrogen) atoms. The molecule has 0 aromatic heterocycles. The van der Waals surface area contributed by atoms with Crippen LogP contribution in [-0.2, 0) is 0 Å². The van der Waals surface area contributed by atoms with Crippen molar-refractivity contribution in [2.75, 3.05) is 18.8 Å². The molecule has 0 aromatic carbocycles. The van der Waals surface area contributed by atoms with Crippen molar-refractivity contribution >= 4 is 11.8 Å². The van der Waals surface area contributed by atoms with Crippen molar-refractivity contribution in [1.29, 1.82) is 0 Å². The molecule has 0 amide bonds. The van der Waals surface area contributed by atoms with E-state index in [4.69, 9.17) is 5.73 Å². The zero-order valence-corrected chi connectivity index (χ0v) is 9.07. The molecule has 1 N–H and O–H groups in total. The van der Waals surface area contributed by atoms with Gasteiger partial charge in [-0.25, -0.2) is 0 Å². The quantitative estimate of drug-likeness (QED) is 0.385. The van der Waals surface area contributed by atoms with Gasteiger partial charge in [0.15, 0.2) is 0 Å². The summed E-state index contributed by atoms with van der Waals surface area (Å²) in [6.07, 6.45) is 7.47. The van der Waals surface area contributed by atoms with E-state index in [1.807, 2.05) is 17.8 Å². The summed E-state index contributed by atoms with van der Waals surface area (Å²) in [5, 5.41) is 3.43. The summed E-state index contributed by atoms with van der Waals surface area (Å²) in [6, 6.07) is 0. The van der Waals surface area contributed by atoms with Gasteiger partial charge in [-0.05, 0) is 18.6 Å². The third-order valence-electron chi connectivity index (χ3n) is 2.16. The first-order chi connectivity index (χ1) is 6.33. The molecule has 1 aliphatic rings. The highest BCUT2D eigenvalue weighted by molar-refractivity contribution is 8.00. The zero-order chi connectivity index (χ0) is 9.57. The molecule has 2 radical (unpaired) electrons. The van der Waals surface area contributed by atoms with E-state index in [2.05, 4.69) is 18.3 Å². The summed E-state index contributed by atoms with van der Waals surface area (Å²) < 4.78 is 0. The van der Waals surface area contributed by atoms with Crippen LogP contribution in [0.15, 0.2) is 12.2 Å². The van der Waals surface area contributed by atoms with Gasteiger partial charge in [0.05, 0.1) is 11.4 Å². The van der Waals surface area contributed by atoms with Crippen molar-refractivity contribution in [3.05, 3.63) is 12.2 Å². The maximum Gasteiger partial charge on any atom is 0.0772 e. The molecular formula is C10H18N2S. The first-order valence-electron chi connectivity index (χ1n) is 4.98. The molecule has 0 saturated carbocycles. The Morgan fingerprint density at radius 3 is 2.85 bits per heavy atom. The van der Waals surface area contributed by atoms with Crippen molar-refractivity contribution in [3.63, 3.8) is 0 Å². The molecule has 1 aliphatic heterocycles. The Kier molecular flexibility index (Phi) is 4.84. The number of nitrogens with zero attached hydrogens (tertiary/aromatic N) is 1. The summed E-state index contributed by atoms with van der Waals surface area (Å²) in [6.45, 7) is 3.58. The Labute approximate surface area is 85.3 Å². The van der Waals surface area contributed by atoms with Crippen molar-refractivity contribution in [2.24, 2.45) is 0 Å². The number of allylic oxidation sites excluding steroid dienone is 1. The predicted octanol–water partition coefficient (Wildman–Crippen LogP) is 1.83. The summed E-state index contributed by atoms with van der Waals surface area (Å²) >= 11 is 2.02. The standard InChI is InChI=1S/C10H18N2S/c1-2-6-10(9-12-10)13-8-5-3-4-7-11/h3-4,12H,2,5-9H2,1H3. The zero-order valence-electron chi connectivity index (χ0n) is 8.25. The lowest BCUT2D eigenvalue weighted by Gasteiger charge is -2.10. The monoisotopic (exact) mass is 198 g/mol.